The normalized spacial score (nSPS) is 42.4. The second-order valence-corrected chi connectivity index (χ2v) is 6.13. The van der Waals surface area contributed by atoms with Crippen LogP contribution in [-0.2, 0) is 9.47 Å². The molecule has 0 aliphatic heterocycles. The van der Waals surface area contributed by atoms with E-state index in [2.05, 4.69) is 6.58 Å². The highest BCUT2D eigenvalue weighted by atomic mass is 19.2. The van der Waals surface area contributed by atoms with Gasteiger partial charge in [-0.3, -0.25) is 0 Å². The van der Waals surface area contributed by atoms with E-state index in [0.29, 0.717) is 31.3 Å². The highest BCUT2D eigenvalue weighted by molar-refractivity contribution is 4.90. The van der Waals surface area contributed by atoms with E-state index in [9.17, 15) is 8.78 Å². The zero-order valence-electron chi connectivity index (χ0n) is 12.3. The van der Waals surface area contributed by atoms with Crippen molar-refractivity contribution >= 4 is 0 Å². The van der Waals surface area contributed by atoms with Gasteiger partial charge in [-0.25, -0.2) is 8.78 Å². The lowest BCUT2D eigenvalue weighted by molar-refractivity contribution is -0.115. The van der Waals surface area contributed by atoms with Gasteiger partial charge in [0, 0.05) is 13.7 Å². The van der Waals surface area contributed by atoms with Crippen LogP contribution in [0.4, 0.5) is 8.78 Å². The second kappa shape index (κ2) is 7.51. The lowest BCUT2D eigenvalue weighted by atomic mass is 9.82. The first-order valence-electron chi connectivity index (χ1n) is 7.70. The molecule has 2 aliphatic rings. The average Bonchev–Trinajstić information content (AvgIpc) is 2.49. The number of hydrogen-bond donors (Lipinski definition) is 0. The summed E-state index contributed by atoms with van der Waals surface area (Å²) in [7, 11) is 1.43. The molecule has 0 bridgehead atoms. The summed E-state index contributed by atoms with van der Waals surface area (Å²) in [5.74, 6) is 1.10. The highest BCUT2D eigenvalue weighted by Crippen LogP contribution is 2.32. The van der Waals surface area contributed by atoms with Crippen LogP contribution in [0.25, 0.3) is 0 Å². The predicted molar refractivity (Wildman–Crippen MR) is 75.2 cm³/mol. The molecule has 0 radical (unpaired) electrons. The summed E-state index contributed by atoms with van der Waals surface area (Å²) in [6, 6.07) is 0. The van der Waals surface area contributed by atoms with Crippen LogP contribution in [0.5, 0.6) is 0 Å². The molecule has 2 saturated carbocycles. The maximum Gasteiger partial charge on any atom is 0.160 e. The third kappa shape index (κ3) is 3.79. The van der Waals surface area contributed by atoms with Gasteiger partial charge in [-0.1, -0.05) is 6.08 Å². The molecule has 4 heteroatoms. The number of hydrogen-bond acceptors (Lipinski definition) is 2. The monoisotopic (exact) mass is 288 g/mol. The molecular weight excluding hydrogens is 262 g/mol. The van der Waals surface area contributed by atoms with E-state index in [0.717, 1.165) is 25.7 Å². The SMILES string of the molecule is C=CC1CCC(COC2CCC(OC)C(F)C2F)CC1. The summed E-state index contributed by atoms with van der Waals surface area (Å²) >= 11 is 0. The molecule has 0 aromatic carbocycles. The van der Waals surface area contributed by atoms with E-state index in [4.69, 9.17) is 9.47 Å². The van der Waals surface area contributed by atoms with Crippen LogP contribution in [0.15, 0.2) is 12.7 Å². The van der Waals surface area contributed by atoms with Gasteiger partial charge < -0.3 is 9.47 Å². The predicted octanol–water partition coefficient (Wildman–Crippen LogP) is 3.85. The molecule has 0 aromatic rings. The average molecular weight is 288 g/mol. The fraction of sp³-hybridized carbons (Fsp3) is 0.875. The van der Waals surface area contributed by atoms with E-state index in [1.54, 1.807) is 0 Å². The maximum atomic E-state index is 14.0. The number of rotatable bonds is 5. The second-order valence-electron chi connectivity index (χ2n) is 6.13. The van der Waals surface area contributed by atoms with Gasteiger partial charge in [0.25, 0.3) is 0 Å². The molecule has 2 nitrogen and oxygen atoms in total. The van der Waals surface area contributed by atoms with Crippen molar-refractivity contribution in [1.82, 2.24) is 0 Å². The van der Waals surface area contributed by atoms with Crippen LogP contribution in [-0.4, -0.2) is 38.3 Å². The Hall–Kier alpha value is -0.480. The molecule has 4 atom stereocenters. The van der Waals surface area contributed by atoms with Crippen molar-refractivity contribution in [3.05, 3.63) is 12.7 Å². The Morgan fingerprint density at radius 3 is 2.20 bits per heavy atom. The number of halogens is 2. The summed E-state index contributed by atoms with van der Waals surface area (Å²) < 4.78 is 38.4. The Labute approximate surface area is 120 Å². The van der Waals surface area contributed by atoms with Gasteiger partial charge in [0.15, 0.2) is 12.3 Å². The first-order valence-corrected chi connectivity index (χ1v) is 7.70. The molecule has 0 amide bonds. The summed E-state index contributed by atoms with van der Waals surface area (Å²) in [5.41, 5.74) is 0. The molecule has 0 saturated heterocycles. The van der Waals surface area contributed by atoms with Crippen molar-refractivity contribution in [3.8, 4) is 0 Å². The molecule has 0 N–H and O–H groups in total. The molecular formula is C16H26F2O2. The van der Waals surface area contributed by atoms with Crippen molar-refractivity contribution < 1.29 is 18.3 Å². The summed E-state index contributed by atoms with van der Waals surface area (Å²) in [6.45, 7) is 4.38. The molecule has 4 unspecified atom stereocenters. The van der Waals surface area contributed by atoms with Gasteiger partial charge in [0.1, 0.15) is 0 Å². The molecule has 2 aliphatic carbocycles. The first-order chi connectivity index (χ1) is 9.65. The Morgan fingerprint density at radius 2 is 1.60 bits per heavy atom. The molecule has 2 fully saturated rings. The standard InChI is InChI=1S/C16H26F2O2/c1-3-11-4-6-12(7-5-11)10-20-14-9-8-13(19-2)15(17)16(14)18/h3,11-16H,1,4-10H2,2H3. The van der Waals surface area contributed by atoms with Crippen molar-refractivity contribution in [2.45, 2.75) is 63.1 Å². The smallest absolute Gasteiger partial charge is 0.160 e. The largest absolute Gasteiger partial charge is 0.378 e. The van der Waals surface area contributed by atoms with E-state index >= 15 is 0 Å². The van der Waals surface area contributed by atoms with Gasteiger partial charge in [-0.15, -0.1) is 6.58 Å². The fourth-order valence-electron chi connectivity index (χ4n) is 3.33. The highest BCUT2D eigenvalue weighted by Gasteiger charge is 2.41. The van der Waals surface area contributed by atoms with E-state index in [-0.39, 0.29) is 0 Å². The van der Waals surface area contributed by atoms with Crippen molar-refractivity contribution in [2.75, 3.05) is 13.7 Å². The van der Waals surface area contributed by atoms with Crippen LogP contribution < -0.4 is 0 Å². The molecule has 20 heavy (non-hydrogen) atoms. The Morgan fingerprint density at radius 1 is 1.00 bits per heavy atom. The summed E-state index contributed by atoms with van der Waals surface area (Å²) in [5, 5.41) is 0. The molecule has 2 rings (SSSR count). The minimum atomic E-state index is -1.56. The zero-order valence-corrected chi connectivity index (χ0v) is 12.3. The van der Waals surface area contributed by atoms with Gasteiger partial charge in [-0.05, 0) is 50.4 Å². The summed E-state index contributed by atoms with van der Waals surface area (Å²) in [4.78, 5) is 0. The van der Waals surface area contributed by atoms with Crippen LogP contribution in [0.2, 0.25) is 0 Å². The van der Waals surface area contributed by atoms with Crippen LogP contribution in [0, 0.1) is 11.8 Å². The van der Waals surface area contributed by atoms with Gasteiger partial charge in [0.05, 0.1) is 12.2 Å². The van der Waals surface area contributed by atoms with Gasteiger partial charge in [0.2, 0.25) is 0 Å². The topological polar surface area (TPSA) is 18.5 Å². The van der Waals surface area contributed by atoms with Crippen molar-refractivity contribution in [2.24, 2.45) is 11.8 Å². The minimum Gasteiger partial charge on any atom is -0.378 e. The lowest BCUT2D eigenvalue weighted by Crippen LogP contribution is -2.46. The van der Waals surface area contributed by atoms with Crippen LogP contribution in [0.3, 0.4) is 0 Å². The minimum absolute atomic E-state index is 0.483. The molecule has 0 spiro atoms. The van der Waals surface area contributed by atoms with Gasteiger partial charge in [-0.2, -0.15) is 0 Å². The Bertz CT molecular complexity index is 303. The molecule has 0 heterocycles. The maximum absolute atomic E-state index is 14.0. The Balaban J connectivity index is 1.73. The van der Waals surface area contributed by atoms with Crippen molar-refractivity contribution in [1.29, 1.82) is 0 Å². The third-order valence-electron chi connectivity index (χ3n) is 4.82. The van der Waals surface area contributed by atoms with E-state index < -0.39 is 24.6 Å². The Kier molecular flexibility index (Phi) is 5.97. The fourth-order valence-corrected chi connectivity index (χ4v) is 3.33. The third-order valence-corrected chi connectivity index (χ3v) is 4.82. The number of allylic oxidation sites excluding steroid dienone is 1. The number of methoxy groups -OCH3 is 1. The van der Waals surface area contributed by atoms with Gasteiger partial charge >= 0.3 is 0 Å². The molecule has 116 valence electrons. The number of ether oxygens (including phenoxy) is 2. The van der Waals surface area contributed by atoms with E-state index in [1.807, 2.05) is 6.08 Å². The first kappa shape index (κ1) is 15.9. The summed E-state index contributed by atoms with van der Waals surface area (Å²) in [6.07, 6.45) is 3.23. The zero-order chi connectivity index (χ0) is 14.5. The van der Waals surface area contributed by atoms with Crippen LogP contribution in [0.1, 0.15) is 38.5 Å². The number of alkyl halides is 2. The van der Waals surface area contributed by atoms with E-state index in [1.165, 1.54) is 7.11 Å². The lowest BCUT2D eigenvalue weighted by Gasteiger charge is -2.35. The molecule has 0 aromatic heterocycles. The van der Waals surface area contributed by atoms with Crippen LogP contribution >= 0.6 is 0 Å². The van der Waals surface area contributed by atoms with Crippen molar-refractivity contribution in [3.63, 3.8) is 0 Å². The quantitative estimate of drug-likeness (QED) is 0.715.